The molecule has 0 amide bonds. The number of nitrogens with zero attached hydrogens (tertiary/aromatic N) is 2. The molecule has 3 nitrogen and oxygen atoms in total. The molecule has 0 fully saturated rings. The molecule has 0 N–H and O–H groups in total. The Kier molecular flexibility index (Phi) is 3.01. The van der Waals surface area contributed by atoms with Crippen molar-refractivity contribution in [2.24, 2.45) is 0 Å². The minimum absolute atomic E-state index is 0.124. The first kappa shape index (κ1) is 10.8. The van der Waals surface area contributed by atoms with Crippen molar-refractivity contribution in [3.05, 3.63) is 63.5 Å². The van der Waals surface area contributed by atoms with Crippen LogP contribution < -0.4 is 5.56 Å². The molecule has 0 aliphatic heterocycles. The quantitative estimate of drug-likeness (QED) is 0.803. The van der Waals surface area contributed by atoms with Crippen LogP contribution in [0.5, 0.6) is 0 Å². The van der Waals surface area contributed by atoms with Gasteiger partial charge in [0, 0.05) is 22.8 Å². The van der Waals surface area contributed by atoms with Crippen molar-refractivity contribution >= 4 is 11.6 Å². The van der Waals surface area contributed by atoms with Crippen LogP contribution in [0.1, 0.15) is 5.56 Å². The molecule has 1 heterocycles. The summed E-state index contributed by atoms with van der Waals surface area (Å²) in [7, 11) is 0. The van der Waals surface area contributed by atoms with E-state index in [4.69, 9.17) is 11.6 Å². The molecule has 0 bridgehead atoms. The highest BCUT2D eigenvalue weighted by Crippen LogP contribution is 2.15. The molecule has 1 aromatic carbocycles. The van der Waals surface area contributed by atoms with Gasteiger partial charge in [-0.3, -0.25) is 9.36 Å². The first-order valence-electron chi connectivity index (χ1n) is 4.61. The van der Waals surface area contributed by atoms with Crippen LogP contribution in [-0.2, 0) is 6.54 Å². The fraction of sp³-hybridized carbons (Fsp3) is 0.0909. The Bertz CT molecular complexity index is 568. The minimum Gasteiger partial charge on any atom is -0.295 e. The van der Waals surface area contributed by atoms with Crippen molar-refractivity contribution in [2.45, 2.75) is 6.54 Å². The molecule has 0 spiro atoms. The lowest BCUT2D eigenvalue weighted by Gasteiger charge is -2.05. The maximum absolute atomic E-state index is 13.4. The zero-order valence-electron chi connectivity index (χ0n) is 8.23. The summed E-state index contributed by atoms with van der Waals surface area (Å²) in [6.45, 7) is 0.124. The molecule has 0 atom stereocenters. The van der Waals surface area contributed by atoms with Crippen molar-refractivity contribution in [2.75, 3.05) is 0 Å². The highest BCUT2D eigenvalue weighted by atomic mass is 35.5. The fourth-order valence-corrected chi connectivity index (χ4v) is 1.54. The lowest BCUT2D eigenvalue weighted by Crippen LogP contribution is -2.19. The predicted octanol–water partition coefficient (Wildman–Crippen LogP) is 2.08. The summed E-state index contributed by atoms with van der Waals surface area (Å²) in [5.41, 5.74) is 0.136. The SMILES string of the molecule is O=c1ccncn1Cc1cc(Cl)ccc1F. The molecule has 1 aromatic heterocycles. The van der Waals surface area contributed by atoms with Crippen LogP contribution in [0.3, 0.4) is 0 Å². The Balaban J connectivity index is 2.38. The summed E-state index contributed by atoms with van der Waals surface area (Å²) in [5, 5.41) is 0.438. The molecule has 0 aliphatic carbocycles. The van der Waals surface area contributed by atoms with Gasteiger partial charge in [0.05, 0.1) is 12.9 Å². The van der Waals surface area contributed by atoms with E-state index in [-0.39, 0.29) is 17.9 Å². The normalized spacial score (nSPS) is 10.4. The second-order valence-corrected chi connectivity index (χ2v) is 3.72. The number of halogens is 2. The average Bonchev–Trinajstić information content (AvgIpc) is 2.27. The van der Waals surface area contributed by atoms with Gasteiger partial charge in [-0.05, 0) is 18.2 Å². The summed E-state index contributed by atoms with van der Waals surface area (Å²) in [6.07, 6.45) is 2.76. The van der Waals surface area contributed by atoms with Crippen LogP contribution in [0.15, 0.2) is 41.6 Å². The lowest BCUT2D eigenvalue weighted by molar-refractivity contribution is 0.594. The van der Waals surface area contributed by atoms with E-state index in [2.05, 4.69) is 4.98 Å². The van der Waals surface area contributed by atoms with Crippen molar-refractivity contribution in [3.63, 3.8) is 0 Å². The molecule has 5 heteroatoms. The molecule has 2 rings (SSSR count). The Hall–Kier alpha value is -1.68. The van der Waals surface area contributed by atoms with E-state index in [9.17, 15) is 9.18 Å². The minimum atomic E-state index is -0.389. The van der Waals surface area contributed by atoms with Gasteiger partial charge in [0.25, 0.3) is 5.56 Å². The van der Waals surface area contributed by atoms with E-state index < -0.39 is 0 Å². The third-order valence-electron chi connectivity index (χ3n) is 2.14. The molecule has 0 saturated heterocycles. The Morgan fingerprint density at radius 1 is 1.38 bits per heavy atom. The lowest BCUT2D eigenvalue weighted by atomic mass is 10.2. The highest BCUT2D eigenvalue weighted by Gasteiger charge is 2.04. The number of aromatic nitrogens is 2. The van der Waals surface area contributed by atoms with Crippen molar-refractivity contribution < 1.29 is 4.39 Å². The van der Waals surface area contributed by atoms with Gasteiger partial charge in [-0.15, -0.1) is 0 Å². The van der Waals surface area contributed by atoms with Crippen LogP contribution >= 0.6 is 11.6 Å². The van der Waals surface area contributed by atoms with E-state index in [0.717, 1.165) is 0 Å². The van der Waals surface area contributed by atoms with E-state index in [1.165, 1.54) is 41.4 Å². The van der Waals surface area contributed by atoms with Gasteiger partial charge >= 0.3 is 0 Å². The van der Waals surface area contributed by atoms with Gasteiger partial charge in [0.15, 0.2) is 0 Å². The maximum atomic E-state index is 13.4. The zero-order chi connectivity index (χ0) is 11.5. The molecular weight excluding hydrogens is 231 g/mol. The standard InChI is InChI=1S/C11H8ClFN2O/c12-9-1-2-10(13)8(5-9)6-15-7-14-4-3-11(15)16/h1-5,7H,6H2. The Morgan fingerprint density at radius 2 is 2.19 bits per heavy atom. The predicted molar refractivity (Wildman–Crippen MR) is 59.0 cm³/mol. The maximum Gasteiger partial charge on any atom is 0.253 e. The molecule has 16 heavy (non-hydrogen) atoms. The molecule has 0 radical (unpaired) electrons. The second-order valence-electron chi connectivity index (χ2n) is 3.28. The largest absolute Gasteiger partial charge is 0.295 e. The summed E-state index contributed by atoms with van der Waals surface area (Å²) < 4.78 is 14.7. The number of hydrogen-bond donors (Lipinski definition) is 0. The van der Waals surface area contributed by atoms with Crippen LogP contribution in [-0.4, -0.2) is 9.55 Å². The molecular formula is C11H8ClFN2O. The molecule has 0 aliphatic rings. The van der Waals surface area contributed by atoms with Gasteiger partial charge in [0.2, 0.25) is 0 Å². The van der Waals surface area contributed by atoms with Gasteiger partial charge < -0.3 is 0 Å². The van der Waals surface area contributed by atoms with E-state index in [1.54, 1.807) is 0 Å². The van der Waals surface area contributed by atoms with E-state index in [0.29, 0.717) is 10.6 Å². The molecule has 0 saturated carbocycles. The van der Waals surface area contributed by atoms with E-state index in [1.807, 2.05) is 0 Å². The number of hydrogen-bond acceptors (Lipinski definition) is 2. The van der Waals surface area contributed by atoms with Crippen LogP contribution in [0.4, 0.5) is 4.39 Å². The Morgan fingerprint density at radius 3 is 2.94 bits per heavy atom. The first-order chi connectivity index (χ1) is 7.66. The molecule has 2 aromatic rings. The number of rotatable bonds is 2. The third-order valence-corrected chi connectivity index (χ3v) is 2.38. The average molecular weight is 239 g/mol. The van der Waals surface area contributed by atoms with Crippen LogP contribution in [0.2, 0.25) is 5.02 Å². The topological polar surface area (TPSA) is 34.9 Å². The van der Waals surface area contributed by atoms with E-state index >= 15 is 0 Å². The second kappa shape index (κ2) is 4.45. The van der Waals surface area contributed by atoms with Gasteiger partial charge in [-0.1, -0.05) is 11.6 Å². The van der Waals surface area contributed by atoms with Gasteiger partial charge in [0.1, 0.15) is 5.82 Å². The highest BCUT2D eigenvalue weighted by molar-refractivity contribution is 6.30. The van der Waals surface area contributed by atoms with Gasteiger partial charge in [-0.2, -0.15) is 0 Å². The van der Waals surface area contributed by atoms with Crippen molar-refractivity contribution in [3.8, 4) is 0 Å². The molecule has 0 unspecified atom stereocenters. The summed E-state index contributed by atoms with van der Waals surface area (Å²) in [6, 6.07) is 5.56. The van der Waals surface area contributed by atoms with Crippen LogP contribution in [0, 0.1) is 5.82 Å². The first-order valence-corrected chi connectivity index (χ1v) is 4.99. The zero-order valence-corrected chi connectivity index (χ0v) is 8.99. The summed E-state index contributed by atoms with van der Waals surface area (Å²) in [4.78, 5) is 15.2. The van der Waals surface area contributed by atoms with Crippen LogP contribution in [0.25, 0.3) is 0 Å². The smallest absolute Gasteiger partial charge is 0.253 e. The molecule has 82 valence electrons. The number of benzene rings is 1. The van der Waals surface area contributed by atoms with Crippen molar-refractivity contribution in [1.82, 2.24) is 9.55 Å². The van der Waals surface area contributed by atoms with Gasteiger partial charge in [-0.25, -0.2) is 9.37 Å². The van der Waals surface area contributed by atoms with Crippen molar-refractivity contribution in [1.29, 1.82) is 0 Å². The third kappa shape index (κ3) is 2.28. The fourth-order valence-electron chi connectivity index (χ4n) is 1.35. The summed E-state index contributed by atoms with van der Waals surface area (Å²) in [5.74, 6) is -0.389. The Labute approximate surface area is 96.1 Å². The monoisotopic (exact) mass is 238 g/mol. The summed E-state index contributed by atoms with van der Waals surface area (Å²) >= 11 is 5.75.